The normalized spacial score (nSPS) is 12.4. The number of guanidine groups is 1. The van der Waals surface area contributed by atoms with Crippen molar-refractivity contribution in [2.24, 2.45) is 12.0 Å². The summed E-state index contributed by atoms with van der Waals surface area (Å²) in [5, 5.41) is 7.79. The first kappa shape index (κ1) is 23.9. The van der Waals surface area contributed by atoms with E-state index in [2.05, 4.69) is 34.0 Å². The van der Waals surface area contributed by atoms with Gasteiger partial charge in [-0.05, 0) is 18.4 Å². The molecule has 0 radical (unpaired) electrons. The summed E-state index contributed by atoms with van der Waals surface area (Å²) in [5.74, 6) is 0.941. The zero-order valence-corrected chi connectivity index (χ0v) is 19.4. The molecule has 2 aromatic rings. The molecule has 0 fully saturated rings. The van der Waals surface area contributed by atoms with Gasteiger partial charge < -0.3 is 10.2 Å². The fraction of sp³-hybridized carbons (Fsp3) is 0.524. The predicted octanol–water partition coefficient (Wildman–Crippen LogP) is 2.06. The number of aromatic nitrogens is 2. The topological polar surface area (TPSA) is 91.6 Å². The van der Waals surface area contributed by atoms with E-state index in [0.717, 1.165) is 16.8 Å². The molecule has 1 aromatic heterocycles. The number of aliphatic imine (C=N–C) groups is 1. The molecule has 0 aliphatic rings. The molecule has 30 heavy (non-hydrogen) atoms. The first-order valence-electron chi connectivity index (χ1n) is 10.2. The Morgan fingerprint density at radius 3 is 2.60 bits per heavy atom. The SMILES string of the molecule is CCNC(=NCCS(=O)(=O)NCc1ccccc1)N(C)Cc1cn(C)nc1C(C)C. The third kappa shape index (κ3) is 7.46. The van der Waals surface area contributed by atoms with E-state index in [1.165, 1.54) is 0 Å². The molecule has 0 saturated heterocycles. The molecular formula is C21H34N6O2S. The predicted molar refractivity (Wildman–Crippen MR) is 122 cm³/mol. The van der Waals surface area contributed by atoms with Crippen LogP contribution < -0.4 is 10.0 Å². The minimum absolute atomic E-state index is 0.0628. The van der Waals surface area contributed by atoms with Gasteiger partial charge in [-0.25, -0.2) is 13.1 Å². The van der Waals surface area contributed by atoms with Crippen molar-refractivity contribution in [3.8, 4) is 0 Å². The first-order chi connectivity index (χ1) is 14.2. The van der Waals surface area contributed by atoms with Gasteiger partial charge in [0, 0.05) is 45.5 Å². The van der Waals surface area contributed by atoms with Crippen molar-refractivity contribution in [1.29, 1.82) is 0 Å². The number of hydrogen-bond acceptors (Lipinski definition) is 4. The maximum Gasteiger partial charge on any atom is 0.213 e. The molecule has 1 aromatic carbocycles. The minimum Gasteiger partial charge on any atom is -0.357 e. The van der Waals surface area contributed by atoms with Crippen molar-refractivity contribution in [2.75, 3.05) is 25.9 Å². The quantitative estimate of drug-likeness (QED) is 0.441. The number of sulfonamides is 1. The van der Waals surface area contributed by atoms with Crippen LogP contribution in [-0.4, -0.2) is 54.9 Å². The van der Waals surface area contributed by atoms with Crippen LogP contribution in [0.5, 0.6) is 0 Å². The van der Waals surface area contributed by atoms with E-state index in [0.29, 0.717) is 25.0 Å². The average Bonchev–Trinajstić information content (AvgIpc) is 3.07. The van der Waals surface area contributed by atoms with E-state index in [1.807, 2.05) is 67.1 Å². The highest BCUT2D eigenvalue weighted by Gasteiger charge is 2.16. The zero-order chi connectivity index (χ0) is 22.1. The molecule has 0 bridgehead atoms. The van der Waals surface area contributed by atoms with Gasteiger partial charge in [0.1, 0.15) is 0 Å². The van der Waals surface area contributed by atoms with Gasteiger partial charge in [-0.2, -0.15) is 5.10 Å². The lowest BCUT2D eigenvalue weighted by Crippen LogP contribution is -2.39. The largest absolute Gasteiger partial charge is 0.357 e. The van der Waals surface area contributed by atoms with E-state index in [-0.39, 0.29) is 18.8 Å². The highest BCUT2D eigenvalue weighted by molar-refractivity contribution is 7.89. The minimum atomic E-state index is -3.41. The van der Waals surface area contributed by atoms with Crippen molar-refractivity contribution in [3.63, 3.8) is 0 Å². The second-order valence-corrected chi connectivity index (χ2v) is 9.51. The molecule has 1 heterocycles. The molecule has 2 N–H and O–H groups in total. The molecule has 0 aliphatic heterocycles. The second kappa shape index (κ2) is 11.1. The fourth-order valence-electron chi connectivity index (χ4n) is 3.10. The highest BCUT2D eigenvalue weighted by atomic mass is 32.2. The molecule has 2 rings (SSSR count). The standard InChI is InChI=1S/C21H34N6O2S/c1-6-22-21(26(4)15-19-16-27(5)25-20(19)17(2)3)23-12-13-30(28,29)24-14-18-10-8-7-9-11-18/h7-11,16-17,24H,6,12-15H2,1-5H3,(H,22,23). The van der Waals surface area contributed by atoms with Gasteiger partial charge in [-0.1, -0.05) is 44.2 Å². The molecule has 0 saturated carbocycles. The van der Waals surface area contributed by atoms with Gasteiger partial charge in [0.15, 0.2) is 5.96 Å². The Kier molecular flexibility index (Phi) is 8.86. The Labute approximate surface area is 180 Å². The average molecular weight is 435 g/mol. The lowest BCUT2D eigenvalue weighted by molar-refractivity contribution is 0.474. The fourth-order valence-corrected chi connectivity index (χ4v) is 3.96. The van der Waals surface area contributed by atoms with Crippen LogP contribution in [0.15, 0.2) is 41.5 Å². The lowest BCUT2D eigenvalue weighted by Gasteiger charge is -2.22. The number of nitrogens with zero attached hydrogens (tertiary/aromatic N) is 4. The summed E-state index contributed by atoms with van der Waals surface area (Å²) in [6.07, 6.45) is 2.02. The van der Waals surface area contributed by atoms with Crippen molar-refractivity contribution in [1.82, 2.24) is 24.7 Å². The van der Waals surface area contributed by atoms with Crippen LogP contribution in [0.25, 0.3) is 0 Å². The number of hydrogen-bond donors (Lipinski definition) is 2. The maximum absolute atomic E-state index is 12.3. The van der Waals surface area contributed by atoms with Gasteiger partial charge in [-0.15, -0.1) is 0 Å². The van der Waals surface area contributed by atoms with E-state index in [1.54, 1.807) is 0 Å². The van der Waals surface area contributed by atoms with Crippen LogP contribution in [0, 0.1) is 0 Å². The molecule has 0 aliphatic carbocycles. The Balaban J connectivity index is 1.97. The number of aryl methyl sites for hydroxylation is 1. The van der Waals surface area contributed by atoms with Crippen molar-refractivity contribution in [3.05, 3.63) is 53.3 Å². The van der Waals surface area contributed by atoms with Gasteiger partial charge >= 0.3 is 0 Å². The Hall–Kier alpha value is -2.39. The molecule has 0 atom stereocenters. The second-order valence-electron chi connectivity index (χ2n) is 7.59. The van der Waals surface area contributed by atoms with Crippen molar-refractivity contribution < 1.29 is 8.42 Å². The summed E-state index contributed by atoms with van der Waals surface area (Å²) in [7, 11) is 0.458. The Bertz CT molecular complexity index is 922. The molecule has 0 spiro atoms. The van der Waals surface area contributed by atoms with Crippen LogP contribution >= 0.6 is 0 Å². The Morgan fingerprint density at radius 2 is 1.97 bits per heavy atom. The molecule has 8 nitrogen and oxygen atoms in total. The molecular weight excluding hydrogens is 400 g/mol. The van der Waals surface area contributed by atoms with Crippen molar-refractivity contribution in [2.45, 2.75) is 39.8 Å². The lowest BCUT2D eigenvalue weighted by atomic mass is 10.1. The summed E-state index contributed by atoms with van der Waals surface area (Å²) in [6, 6.07) is 9.46. The van der Waals surface area contributed by atoms with Crippen LogP contribution in [0.2, 0.25) is 0 Å². The Morgan fingerprint density at radius 1 is 1.27 bits per heavy atom. The van der Waals surface area contributed by atoms with Gasteiger partial charge in [0.25, 0.3) is 0 Å². The summed E-state index contributed by atoms with van der Waals surface area (Å²) in [4.78, 5) is 6.51. The number of benzene rings is 1. The van der Waals surface area contributed by atoms with Crippen LogP contribution in [0.4, 0.5) is 0 Å². The monoisotopic (exact) mass is 434 g/mol. The van der Waals surface area contributed by atoms with Crippen LogP contribution in [-0.2, 0) is 30.2 Å². The van der Waals surface area contributed by atoms with Crippen LogP contribution in [0.3, 0.4) is 0 Å². The van der Waals surface area contributed by atoms with Crippen LogP contribution in [0.1, 0.15) is 43.5 Å². The summed E-state index contributed by atoms with van der Waals surface area (Å²) in [5.41, 5.74) is 3.13. The van der Waals surface area contributed by atoms with E-state index >= 15 is 0 Å². The maximum atomic E-state index is 12.3. The number of rotatable bonds is 10. The summed E-state index contributed by atoms with van der Waals surface area (Å²) < 4.78 is 29.1. The summed E-state index contributed by atoms with van der Waals surface area (Å²) in [6.45, 7) is 8.05. The molecule has 0 amide bonds. The third-order valence-corrected chi connectivity index (χ3v) is 5.85. The van der Waals surface area contributed by atoms with Crippen molar-refractivity contribution >= 4 is 16.0 Å². The molecule has 9 heteroatoms. The molecule has 166 valence electrons. The molecule has 0 unspecified atom stereocenters. The third-order valence-electron chi connectivity index (χ3n) is 4.55. The van der Waals surface area contributed by atoms with Gasteiger partial charge in [0.2, 0.25) is 10.0 Å². The van der Waals surface area contributed by atoms with E-state index < -0.39 is 10.0 Å². The van der Waals surface area contributed by atoms with E-state index in [9.17, 15) is 8.42 Å². The number of nitrogens with one attached hydrogen (secondary N) is 2. The zero-order valence-electron chi connectivity index (χ0n) is 18.6. The first-order valence-corrected chi connectivity index (χ1v) is 11.9. The summed E-state index contributed by atoms with van der Waals surface area (Å²) >= 11 is 0. The van der Waals surface area contributed by atoms with Gasteiger partial charge in [-0.3, -0.25) is 9.67 Å². The van der Waals surface area contributed by atoms with Gasteiger partial charge in [0.05, 0.1) is 18.0 Å². The smallest absolute Gasteiger partial charge is 0.213 e. The van der Waals surface area contributed by atoms with E-state index in [4.69, 9.17) is 0 Å². The highest BCUT2D eigenvalue weighted by Crippen LogP contribution is 2.18.